The molecule has 0 saturated carbocycles. The second-order valence-corrected chi connectivity index (χ2v) is 4.34. The number of nitrogens with zero attached hydrogens (tertiary/aromatic N) is 4. The highest BCUT2D eigenvalue weighted by atomic mass is 16.5. The Balaban J connectivity index is 2.31. The van der Waals surface area contributed by atoms with E-state index in [0.717, 1.165) is 11.3 Å². The summed E-state index contributed by atoms with van der Waals surface area (Å²) in [6, 6.07) is 11.3. The normalized spacial score (nSPS) is 9.71. The predicted molar refractivity (Wildman–Crippen MR) is 76.7 cm³/mol. The lowest BCUT2D eigenvalue weighted by Crippen LogP contribution is -2.18. The molecule has 0 atom stereocenters. The predicted octanol–water partition coefficient (Wildman–Crippen LogP) is 2.57. The summed E-state index contributed by atoms with van der Waals surface area (Å²) in [5.74, 6) is 1.48. The molecule has 2 aromatic rings. The van der Waals surface area contributed by atoms with Gasteiger partial charge in [-0.15, -0.1) is 0 Å². The van der Waals surface area contributed by atoms with Crippen molar-refractivity contribution >= 4 is 5.88 Å². The van der Waals surface area contributed by atoms with Crippen LogP contribution in [-0.2, 0) is 0 Å². The lowest BCUT2D eigenvalue weighted by atomic mass is 10.2. The molecule has 0 aliphatic heterocycles. The molecule has 1 aromatic carbocycles. The Morgan fingerprint density at radius 2 is 2.00 bits per heavy atom. The summed E-state index contributed by atoms with van der Waals surface area (Å²) in [6.45, 7) is 0.475. The third-order valence-corrected chi connectivity index (χ3v) is 2.96. The summed E-state index contributed by atoms with van der Waals surface area (Å²) < 4.78 is 10.8. The topological polar surface area (TPSA) is 86.1 Å². The maximum Gasteiger partial charge on any atom is 0.234 e. The number of hydrogen-bond acceptors (Lipinski definition) is 6. The quantitative estimate of drug-likeness (QED) is 0.837. The molecule has 0 amide bonds. The summed E-state index contributed by atoms with van der Waals surface area (Å²) in [5.41, 5.74) is 0.966. The average Bonchev–Trinajstić information content (AvgIpc) is 2.97. The number of aromatic nitrogens is 1. The molecule has 0 aliphatic rings. The Morgan fingerprint density at radius 3 is 2.57 bits per heavy atom. The Kier molecular flexibility index (Phi) is 4.43. The molecule has 6 nitrogen and oxygen atoms in total. The van der Waals surface area contributed by atoms with Crippen LogP contribution in [0.1, 0.15) is 12.1 Å². The zero-order valence-electron chi connectivity index (χ0n) is 11.8. The van der Waals surface area contributed by atoms with Gasteiger partial charge in [0.1, 0.15) is 11.8 Å². The van der Waals surface area contributed by atoms with Gasteiger partial charge in [-0.05, 0) is 24.3 Å². The van der Waals surface area contributed by atoms with Gasteiger partial charge in [0, 0.05) is 19.2 Å². The molecule has 0 radical (unpaired) electrons. The van der Waals surface area contributed by atoms with Crippen LogP contribution in [0, 0.1) is 22.7 Å². The fraction of sp³-hybridized carbons (Fsp3) is 0.267. The monoisotopic (exact) mass is 282 g/mol. The van der Waals surface area contributed by atoms with E-state index in [4.69, 9.17) is 19.7 Å². The largest absolute Gasteiger partial charge is 0.497 e. The van der Waals surface area contributed by atoms with E-state index in [2.05, 4.69) is 11.1 Å². The first-order valence-corrected chi connectivity index (χ1v) is 6.33. The van der Waals surface area contributed by atoms with Crippen molar-refractivity contribution in [2.75, 3.05) is 25.6 Å². The van der Waals surface area contributed by atoms with E-state index in [1.165, 1.54) is 0 Å². The van der Waals surface area contributed by atoms with Gasteiger partial charge in [-0.3, -0.25) is 0 Å². The molecular formula is C15H14N4O2. The number of benzene rings is 1. The highest BCUT2D eigenvalue weighted by Gasteiger charge is 2.17. The van der Waals surface area contributed by atoms with Gasteiger partial charge in [-0.1, -0.05) is 0 Å². The minimum Gasteiger partial charge on any atom is -0.497 e. The summed E-state index contributed by atoms with van der Waals surface area (Å²) in [5, 5.41) is 17.8. The van der Waals surface area contributed by atoms with Crippen LogP contribution in [0.15, 0.2) is 28.7 Å². The lowest BCUT2D eigenvalue weighted by molar-refractivity contribution is 0.415. The highest BCUT2D eigenvalue weighted by molar-refractivity contribution is 5.60. The molecule has 1 aromatic heterocycles. The molecule has 0 bridgehead atoms. The first-order chi connectivity index (χ1) is 10.2. The standard InChI is InChI=1S/C15H14N4O2/c1-19(9-3-8-16)15-13(10-17)18-14(21-15)11-4-6-12(20-2)7-5-11/h4-7H,3,9H2,1-2H3. The summed E-state index contributed by atoms with van der Waals surface area (Å²) >= 11 is 0. The van der Waals surface area contributed by atoms with E-state index in [9.17, 15) is 0 Å². The molecule has 0 N–H and O–H groups in total. The van der Waals surface area contributed by atoms with Crippen molar-refractivity contribution in [2.24, 2.45) is 0 Å². The van der Waals surface area contributed by atoms with E-state index in [-0.39, 0.29) is 5.69 Å². The van der Waals surface area contributed by atoms with Crippen molar-refractivity contribution < 1.29 is 9.15 Å². The van der Waals surface area contributed by atoms with E-state index in [1.807, 2.05) is 18.2 Å². The molecule has 106 valence electrons. The van der Waals surface area contributed by atoms with Gasteiger partial charge in [0.2, 0.25) is 17.5 Å². The first-order valence-electron chi connectivity index (χ1n) is 6.33. The van der Waals surface area contributed by atoms with Crippen molar-refractivity contribution in [3.63, 3.8) is 0 Å². The van der Waals surface area contributed by atoms with Gasteiger partial charge in [-0.25, -0.2) is 0 Å². The number of ether oxygens (including phenoxy) is 1. The van der Waals surface area contributed by atoms with Crippen molar-refractivity contribution in [3.8, 4) is 29.3 Å². The fourth-order valence-corrected chi connectivity index (χ4v) is 1.82. The molecule has 1 heterocycles. The summed E-state index contributed by atoms with van der Waals surface area (Å²) in [6.07, 6.45) is 0.347. The number of oxazole rings is 1. The molecule has 21 heavy (non-hydrogen) atoms. The number of hydrogen-bond donors (Lipinski definition) is 0. The van der Waals surface area contributed by atoms with Crippen LogP contribution in [0.4, 0.5) is 5.88 Å². The molecular weight excluding hydrogens is 268 g/mol. The fourth-order valence-electron chi connectivity index (χ4n) is 1.82. The lowest BCUT2D eigenvalue weighted by Gasteiger charge is -2.13. The van der Waals surface area contributed by atoms with Gasteiger partial charge in [0.15, 0.2) is 0 Å². The van der Waals surface area contributed by atoms with Crippen molar-refractivity contribution in [3.05, 3.63) is 30.0 Å². The summed E-state index contributed by atoms with van der Waals surface area (Å²) in [7, 11) is 3.35. The maximum absolute atomic E-state index is 9.15. The molecule has 0 unspecified atom stereocenters. The molecule has 2 rings (SSSR count). The van der Waals surface area contributed by atoms with Crippen LogP contribution in [-0.4, -0.2) is 25.7 Å². The zero-order valence-corrected chi connectivity index (χ0v) is 11.8. The second-order valence-electron chi connectivity index (χ2n) is 4.34. The average molecular weight is 282 g/mol. The Morgan fingerprint density at radius 1 is 1.29 bits per heavy atom. The third-order valence-electron chi connectivity index (χ3n) is 2.96. The van der Waals surface area contributed by atoms with Crippen molar-refractivity contribution in [1.29, 1.82) is 10.5 Å². The maximum atomic E-state index is 9.15. The van der Waals surface area contributed by atoms with Crippen LogP contribution in [0.2, 0.25) is 0 Å². The van der Waals surface area contributed by atoms with E-state index in [0.29, 0.717) is 24.7 Å². The van der Waals surface area contributed by atoms with Crippen LogP contribution in [0.3, 0.4) is 0 Å². The van der Waals surface area contributed by atoms with Crippen LogP contribution >= 0.6 is 0 Å². The molecule has 0 aliphatic carbocycles. The molecule has 6 heteroatoms. The summed E-state index contributed by atoms with van der Waals surface area (Å²) in [4.78, 5) is 5.90. The minimum atomic E-state index is 0.209. The second kappa shape index (κ2) is 6.44. The van der Waals surface area contributed by atoms with Crippen molar-refractivity contribution in [2.45, 2.75) is 6.42 Å². The molecule has 0 spiro atoms. The van der Waals surface area contributed by atoms with Gasteiger partial charge in [0.05, 0.1) is 19.6 Å². The molecule has 0 saturated heterocycles. The van der Waals surface area contributed by atoms with Crippen LogP contribution < -0.4 is 9.64 Å². The van der Waals surface area contributed by atoms with E-state index in [1.54, 1.807) is 31.2 Å². The zero-order chi connectivity index (χ0) is 15.2. The van der Waals surface area contributed by atoms with Crippen LogP contribution in [0.25, 0.3) is 11.5 Å². The van der Waals surface area contributed by atoms with Crippen molar-refractivity contribution in [1.82, 2.24) is 4.98 Å². The number of nitriles is 2. The van der Waals surface area contributed by atoms with Crippen LogP contribution in [0.5, 0.6) is 5.75 Å². The number of anilines is 1. The Labute approximate surface area is 122 Å². The highest BCUT2D eigenvalue weighted by Crippen LogP contribution is 2.28. The van der Waals surface area contributed by atoms with Gasteiger partial charge < -0.3 is 14.1 Å². The number of methoxy groups -OCH3 is 1. The van der Waals surface area contributed by atoms with E-state index >= 15 is 0 Å². The Hall–Kier alpha value is -2.99. The molecule has 0 fully saturated rings. The van der Waals surface area contributed by atoms with Gasteiger partial charge in [0.25, 0.3) is 0 Å². The number of rotatable bonds is 5. The van der Waals surface area contributed by atoms with Gasteiger partial charge in [-0.2, -0.15) is 15.5 Å². The third kappa shape index (κ3) is 3.13. The van der Waals surface area contributed by atoms with E-state index < -0.39 is 0 Å². The van der Waals surface area contributed by atoms with Gasteiger partial charge >= 0.3 is 0 Å². The SMILES string of the molecule is COc1ccc(-c2nc(C#N)c(N(C)CCC#N)o2)cc1. The minimum absolute atomic E-state index is 0.209. The smallest absolute Gasteiger partial charge is 0.234 e. The first kappa shape index (κ1) is 14.4. The Bertz CT molecular complexity index is 692.